The largest absolute Gasteiger partial charge is 0.473 e. The molecule has 1 saturated heterocycles. The fourth-order valence-electron chi connectivity index (χ4n) is 2.33. The van der Waals surface area contributed by atoms with Crippen LogP contribution in [-0.2, 0) is 16.1 Å². The fraction of sp³-hybridized carbons (Fsp3) is 0.312. The van der Waals surface area contributed by atoms with Gasteiger partial charge >= 0.3 is 11.9 Å². The number of anilines is 1. The van der Waals surface area contributed by atoms with Crippen LogP contribution in [0.1, 0.15) is 5.76 Å². The Morgan fingerprint density at radius 2 is 1.76 bits per heavy atom. The van der Waals surface area contributed by atoms with Crippen LogP contribution in [0.4, 0.5) is 5.82 Å². The predicted octanol–water partition coefficient (Wildman–Crippen LogP) is 1.91. The highest BCUT2D eigenvalue weighted by Crippen LogP contribution is 2.18. The Bertz CT molecular complexity index is 687. The zero-order valence-electron chi connectivity index (χ0n) is 13.3. The van der Waals surface area contributed by atoms with Crippen molar-refractivity contribution in [1.29, 1.82) is 0 Å². The molecule has 0 unspecified atom stereocenters. The molecular weight excluding hydrogens is 394 g/mol. The van der Waals surface area contributed by atoms with E-state index in [1.165, 1.54) is 0 Å². The molecule has 2 aromatic rings. The summed E-state index contributed by atoms with van der Waals surface area (Å²) in [5, 5.41) is 14.8. The summed E-state index contributed by atoms with van der Waals surface area (Å²) in [4.78, 5) is 27.3. The van der Waals surface area contributed by atoms with Crippen LogP contribution in [0.15, 0.2) is 45.6 Å². The second-order valence-corrected chi connectivity index (χ2v) is 6.05. The van der Waals surface area contributed by atoms with Crippen molar-refractivity contribution >= 4 is 33.7 Å². The highest BCUT2D eigenvalue weighted by Gasteiger charge is 2.18. The number of pyridine rings is 1. The molecule has 0 spiro atoms. The van der Waals surface area contributed by atoms with Gasteiger partial charge in [-0.3, -0.25) is 4.90 Å². The van der Waals surface area contributed by atoms with Gasteiger partial charge in [0.2, 0.25) is 0 Å². The van der Waals surface area contributed by atoms with Crippen LogP contribution in [0.5, 0.6) is 0 Å². The van der Waals surface area contributed by atoms with Gasteiger partial charge in [-0.25, -0.2) is 14.6 Å². The van der Waals surface area contributed by atoms with E-state index in [4.69, 9.17) is 24.2 Å². The van der Waals surface area contributed by atoms with E-state index in [0.717, 1.165) is 49.0 Å². The number of carboxylic acid groups (broad SMARTS) is 2. The molecule has 2 aromatic heterocycles. The molecule has 25 heavy (non-hydrogen) atoms. The summed E-state index contributed by atoms with van der Waals surface area (Å²) >= 11 is 3.34. The van der Waals surface area contributed by atoms with Crippen LogP contribution in [0.25, 0.3) is 0 Å². The number of hydrogen-bond acceptors (Lipinski definition) is 6. The molecule has 3 heterocycles. The van der Waals surface area contributed by atoms with Gasteiger partial charge in [0.15, 0.2) is 4.67 Å². The number of carbonyl (C=O) groups is 2. The van der Waals surface area contributed by atoms with Gasteiger partial charge in [0.1, 0.15) is 11.6 Å². The highest BCUT2D eigenvalue weighted by molar-refractivity contribution is 9.10. The topological polar surface area (TPSA) is 107 Å². The molecule has 0 amide bonds. The van der Waals surface area contributed by atoms with Crippen LogP contribution in [0.3, 0.4) is 0 Å². The summed E-state index contributed by atoms with van der Waals surface area (Å²) in [6, 6.07) is 10.0. The number of furan rings is 1. The minimum Gasteiger partial charge on any atom is -0.473 e. The highest BCUT2D eigenvalue weighted by atomic mass is 79.9. The normalized spacial score (nSPS) is 14.5. The molecule has 0 bridgehead atoms. The first-order valence-electron chi connectivity index (χ1n) is 7.54. The molecule has 2 N–H and O–H groups in total. The van der Waals surface area contributed by atoms with Gasteiger partial charge in [-0.1, -0.05) is 6.07 Å². The quantitative estimate of drug-likeness (QED) is 0.737. The van der Waals surface area contributed by atoms with E-state index in [1.54, 1.807) is 0 Å². The Hall–Kier alpha value is -2.39. The van der Waals surface area contributed by atoms with Crippen LogP contribution < -0.4 is 4.90 Å². The number of piperazine rings is 1. The van der Waals surface area contributed by atoms with E-state index in [1.807, 2.05) is 30.5 Å². The van der Waals surface area contributed by atoms with E-state index in [-0.39, 0.29) is 0 Å². The number of aromatic nitrogens is 1. The van der Waals surface area contributed by atoms with Crippen molar-refractivity contribution in [3.63, 3.8) is 0 Å². The first-order chi connectivity index (χ1) is 12.0. The molecule has 1 aliphatic heterocycles. The van der Waals surface area contributed by atoms with Gasteiger partial charge in [-0.05, 0) is 40.2 Å². The number of rotatable bonds is 3. The maximum absolute atomic E-state index is 9.10. The fourth-order valence-corrected chi connectivity index (χ4v) is 2.67. The van der Waals surface area contributed by atoms with Crippen LogP contribution >= 0.6 is 15.9 Å². The molecule has 0 aromatic carbocycles. The number of hydrogen-bond donors (Lipinski definition) is 2. The average Bonchev–Trinajstić information content (AvgIpc) is 3.02. The molecule has 0 aliphatic carbocycles. The molecule has 1 fully saturated rings. The molecule has 0 saturated carbocycles. The van der Waals surface area contributed by atoms with Crippen LogP contribution in [0, 0.1) is 0 Å². The zero-order chi connectivity index (χ0) is 18.2. The first-order valence-corrected chi connectivity index (χ1v) is 8.34. The van der Waals surface area contributed by atoms with E-state index < -0.39 is 11.9 Å². The van der Waals surface area contributed by atoms with Crippen LogP contribution in [0.2, 0.25) is 0 Å². The van der Waals surface area contributed by atoms with Gasteiger partial charge in [0.25, 0.3) is 0 Å². The zero-order valence-corrected chi connectivity index (χ0v) is 14.9. The van der Waals surface area contributed by atoms with Crippen molar-refractivity contribution in [2.45, 2.75) is 6.54 Å². The maximum Gasteiger partial charge on any atom is 0.414 e. The summed E-state index contributed by atoms with van der Waals surface area (Å²) in [7, 11) is 0. The predicted molar refractivity (Wildman–Crippen MR) is 93.4 cm³/mol. The summed E-state index contributed by atoms with van der Waals surface area (Å²) < 4.78 is 6.35. The van der Waals surface area contributed by atoms with E-state index in [2.05, 4.69) is 36.8 Å². The lowest BCUT2D eigenvalue weighted by Crippen LogP contribution is -2.46. The van der Waals surface area contributed by atoms with Gasteiger partial charge in [0.05, 0.1) is 6.54 Å². The summed E-state index contributed by atoms with van der Waals surface area (Å²) in [5.74, 6) is -1.56. The summed E-state index contributed by atoms with van der Waals surface area (Å²) in [6.45, 7) is 4.98. The third-order valence-electron chi connectivity index (χ3n) is 3.54. The second kappa shape index (κ2) is 9.19. The Labute approximate surface area is 152 Å². The lowest BCUT2D eigenvalue weighted by molar-refractivity contribution is -0.159. The third-order valence-corrected chi connectivity index (χ3v) is 3.96. The molecule has 9 heteroatoms. The molecule has 1 aliphatic rings. The second-order valence-electron chi connectivity index (χ2n) is 5.27. The Balaban J connectivity index is 0.000000326. The van der Waals surface area contributed by atoms with Crippen molar-refractivity contribution in [2.75, 3.05) is 31.1 Å². The molecule has 134 valence electrons. The molecule has 8 nitrogen and oxygen atoms in total. The minimum absolute atomic E-state index is 0.801. The molecule has 3 rings (SSSR count). The Kier molecular flexibility index (Phi) is 6.96. The lowest BCUT2D eigenvalue weighted by Gasteiger charge is -2.34. The van der Waals surface area contributed by atoms with Crippen molar-refractivity contribution in [3.8, 4) is 0 Å². The molecule has 0 atom stereocenters. The van der Waals surface area contributed by atoms with Crippen molar-refractivity contribution < 1.29 is 24.2 Å². The van der Waals surface area contributed by atoms with E-state index >= 15 is 0 Å². The van der Waals surface area contributed by atoms with Crippen LogP contribution in [-0.4, -0.2) is 58.2 Å². The monoisotopic (exact) mass is 411 g/mol. The SMILES string of the molecule is Brc1ccc(CN2CCN(c3ccccn3)CC2)o1.O=C(O)C(=O)O. The number of carboxylic acids is 2. The van der Waals surface area contributed by atoms with Crippen molar-refractivity contribution in [3.05, 3.63) is 47.0 Å². The minimum atomic E-state index is -1.82. The van der Waals surface area contributed by atoms with E-state index in [0.29, 0.717) is 0 Å². The Morgan fingerprint density at radius 1 is 1.08 bits per heavy atom. The van der Waals surface area contributed by atoms with Crippen molar-refractivity contribution in [2.24, 2.45) is 0 Å². The first kappa shape index (κ1) is 18.9. The maximum atomic E-state index is 9.10. The van der Waals surface area contributed by atoms with E-state index in [9.17, 15) is 0 Å². The third kappa shape index (κ3) is 6.20. The number of halogens is 1. The molecular formula is C16H18BrN3O5. The summed E-state index contributed by atoms with van der Waals surface area (Å²) in [6.07, 6.45) is 1.85. The van der Waals surface area contributed by atoms with Crippen molar-refractivity contribution in [1.82, 2.24) is 9.88 Å². The molecule has 0 radical (unpaired) electrons. The van der Waals surface area contributed by atoms with Gasteiger partial charge in [0, 0.05) is 32.4 Å². The van der Waals surface area contributed by atoms with Gasteiger partial charge in [-0.15, -0.1) is 0 Å². The van der Waals surface area contributed by atoms with Gasteiger partial charge < -0.3 is 19.5 Å². The number of aliphatic carboxylic acids is 2. The number of nitrogens with zero attached hydrogens (tertiary/aromatic N) is 3. The smallest absolute Gasteiger partial charge is 0.414 e. The average molecular weight is 412 g/mol. The lowest BCUT2D eigenvalue weighted by atomic mass is 10.3. The standard InChI is InChI=1S/C14H16BrN3O.C2H2O4/c15-13-5-4-12(19-13)11-17-7-9-18(10-8-17)14-3-1-2-6-16-14;3-1(4)2(5)6/h1-6H,7-11H2;(H,3,4)(H,5,6). The van der Waals surface area contributed by atoms with Gasteiger partial charge in [-0.2, -0.15) is 0 Å². The summed E-state index contributed by atoms with van der Waals surface area (Å²) in [5.41, 5.74) is 0. The Morgan fingerprint density at radius 3 is 2.24 bits per heavy atom.